The molecule has 0 fully saturated rings. The standard InChI is InChI=1S/C17H15NO7S/c19-16(20)9-13(17(21)22)18-26(23,24)12-6-5-11-7-10-3-1-2-4-14(10)25-15(11)8-12/h1-6,8,13,18H,7,9H2,(H,19,20)(H,21,22)/t13-/m0/s1. The van der Waals surface area contributed by atoms with E-state index in [2.05, 4.69) is 0 Å². The van der Waals surface area contributed by atoms with Gasteiger partial charge in [-0.05, 0) is 23.3 Å². The molecule has 1 heterocycles. The summed E-state index contributed by atoms with van der Waals surface area (Å²) in [5.41, 5.74) is 1.77. The Bertz CT molecular complexity index is 984. The number of hydrogen-bond acceptors (Lipinski definition) is 5. The third kappa shape index (κ3) is 3.68. The molecule has 0 saturated carbocycles. The lowest BCUT2D eigenvalue weighted by atomic mass is 10.0. The first-order valence-corrected chi connectivity index (χ1v) is 9.10. The van der Waals surface area contributed by atoms with Crippen LogP contribution in [0, 0.1) is 0 Å². The van der Waals surface area contributed by atoms with Crippen LogP contribution in [0.15, 0.2) is 47.4 Å². The van der Waals surface area contributed by atoms with E-state index in [0.29, 0.717) is 17.9 Å². The van der Waals surface area contributed by atoms with Gasteiger partial charge in [0, 0.05) is 12.5 Å². The zero-order valence-electron chi connectivity index (χ0n) is 13.4. The first-order chi connectivity index (χ1) is 12.3. The van der Waals surface area contributed by atoms with Gasteiger partial charge in [-0.2, -0.15) is 4.72 Å². The van der Waals surface area contributed by atoms with E-state index in [1.807, 2.05) is 16.9 Å². The van der Waals surface area contributed by atoms with Crippen molar-refractivity contribution in [2.45, 2.75) is 23.8 Å². The maximum atomic E-state index is 12.4. The largest absolute Gasteiger partial charge is 0.481 e. The second kappa shape index (κ2) is 6.77. The van der Waals surface area contributed by atoms with E-state index in [1.165, 1.54) is 12.1 Å². The summed E-state index contributed by atoms with van der Waals surface area (Å²) < 4.78 is 32.5. The maximum absolute atomic E-state index is 12.4. The number of nitrogens with one attached hydrogen (secondary N) is 1. The Morgan fingerprint density at radius 3 is 2.46 bits per heavy atom. The zero-order chi connectivity index (χ0) is 18.9. The summed E-state index contributed by atoms with van der Waals surface area (Å²) in [4.78, 5) is 21.6. The Morgan fingerprint density at radius 1 is 1.08 bits per heavy atom. The molecule has 136 valence electrons. The van der Waals surface area contributed by atoms with Gasteiger partial charge in [-0.3, -0.25) is 9.59 Å². The van der Waals surface area contributed by atoms with Crippen molar-refractivity contribution in [2.75, 3.05) is 0 Å². The summed E-state index contributed by atoms with van der Waals surface area (Å²) in [6.45, 7) is 0. The summed E-state index contributed by atoms with van der Waals surface area (Å²) in [6, 6.07) is 9.81. The number of ether oxygens (including phenoxy) is 1. The Kier molecular flexibility index (Phi) is 4.66. The molecule has 9 heteroatoms. The molecule has 3 N–H and O–H groups in total. The van der Waals surface area contributed by atoms with E-state index in [1.54, 1.807) is 18.2 Å². The number of para-hydroxylation sites is 1. The van der Waals surface area contributed by atoms with Crippen LogP contribution in [0.4, 0.5) is 0 Å². The fourth-order valence-electron chi connectivity index (χ4n) is 2.63. The molecular formula is C17H15NO7S. The number of carboxylic acid groups (broad SMARTS) is 2. The van der Waals surface area contributed by atoms with Gasteiger partial charge in [0.2, 0.25) is 10.0 Å². The van der Waals surface area contributed by atoms with E-state index in [9.17, 15) is 18.0 Å². The highest BCUT2D eigenvalue weighted by Gasteiger charge is 2.28. The lowest BCUT2D eigenvalue weighted by molar-refractivity contribution is -0.145. The highest BCUT2D eigenvalue weighted by atomic mass is 32.2. The molecule has 8 nitrogen and oxygen atoms in total. The molecule has 0 spiro atoms. The highest BCUT2D eigenvalue weighted by molar-refractivity contribution is 7.89. The van der Waals surface area contributed by atoms with Crippen LogP contribution < -0.4 is 9.46 Å². The van der Waals surface area contributed by atoms with Crippen LogP contribution in [0.3, 0.4) is 0 Å². The molecule has 1 aliphatic rings. The average Bonchev–Trinajstić information content (AvgIpc) is 2.58. The number of rotatable bonds is 6. The zero-order valence-corrected chi connectivity index (χ0v) is 14.2. The number of benzene rings is 2. The molecule has 0 aromatic heterocycles. The number of carboxylic acids is 2. The quantitative estimate of drug-likeness (QED) is 0.595. The molecule has 0 aliphatic carbocycles. The molecule has 0 radical (unpaired) electrons. The van der Waals surface area contributed by atoms with Crippen LogP contribution in [0.25, 0.3) is 0 Å². The van der Waals surface area contributed by atoms with Crippen molar-refractivity contribution >= 4 is 22.0 Å². The second-order valence-corrected chi connectivity index (χ2v) is 7.48. The average molecular weight is 377 g/mol. The number of sulfonamides is 1. The first-order valence-electron chi connectivity index (χ1n) is 7.62. The van der Waals surface area contributed by atoms with Crippen molar-refractivity contribution in [1.29, 1.82) is 0 Å². The molecular weight excluding hydrogens is 362 g/mol. The third-order valence-electron chi connectivity index (χ3n) is 3.90. The van der Waals surface area contributed by atoms with Crippen molar-refractivity contribution in [3.8, 4) is 11.5 Å². The smallest absolute Gasteiger partial charge is 0.322 e. The van der Waals surface area contributed by atoms with Crippen LogP contribution in [0.2, 0.25) is 0 Å². The van der Waals surface area contributed by atoms with Crippen LogP contribution in [-0.4, -0.2) is 36.6 Å². The molecule has 2 aromatic rings. The summed E-state index contributed by atoms with van der Waals surface area (Å²) >= 11 is 0. The topological polar surface area (TPSA) is 130 Å². The minimum Gasteiger partial charge on any atom is -0.481 e. The van der Waals surface area contributed by atoms with E-state index < -0.39 is 34.4 Å². The minimum atomic E-state index is -4.24. The first kappa shape index (κ1) is 17.9. The third-order valence-corrected chi connectivity index (χ3v) is 5.37. The van der Waals surface area contributed by atoms with Crippen LogP contribution in [-0.2, 0) is 26.0 Å². The van der Waals surface area contributed by atoms with Gasteiger partial charge in [-0.15, -0.1) is 0 Å². The van der Waals surface area contributed by atoms with Crippen molar-refractivity contribution in [2.24, 2.45) is 0 Å². The van der Waals surface area contributed by atoms with E-state index >= 15 is 0 Å². The lowest BCUT2D eigenvalue weighted by Gasteiger charge is -2.21. The van der Waals surface area contributed by atoms with Crippen molar-refractivity contribution in [1.82, 2.24) is 4.72 Å². The second-order valence-electron chi connectivity index (χ2n) is 5.77. The van der Waals surface area contributed by atoms with Gasteiger partial charge in [0.05, 0.1) is 11.3 Å². The van der Waals surface area contributed by atoms with Gasteiger partial charge in [0.15, 0.2) is 0 Å². The molecule has 1 aliphatic heterocycles. The van der Waals surface area contributed by atoms with Crippen LogP contribution >= 0.6 is 0 Å². The van der Waals surface area contributed by atoms with Gasteiger partial charge in [-0.25, -0.2) is 8.42 Å². The summed E-state index contributed by atoms with van der Waals surface area (Å²) in [5, 5.41) is 17.8. The van der Waals surface area contributed by atoms with Gasteiger partial charge in [-0.1, -0.05) is 24.3 Å². The molecule has 2 aromatic carbocycles. The number of carbonyl (C=O) groups is 2. The predicted octanol–water partition coefficient (Wildman–Crippen LogP) is 1.59. The van der Waals surface area contributed by atoms with E-state index in [-0.39, 0.29) is 4.90 Å². The molecule has 0 amide bonds. The van der Waals surface area contributed by atoms with Crippen molar-refractivity contribution in [3.05, 3.63) is 53.6 Å². The Morgan fingerprint density at radius 2 is 1.77 bits per heavy atom. The fourth-order valence-corrected chi connectivity index (χ4v) is 3.83. The lowest BCUT2D eigenvalue weighted by Crippen LogP contribution is -2.42. The molecule has 0 saturated heterocycles. The summed E-state index contributed by atoms with van der Waals surface area (Å²) in [7, 11) is -4.24. The Labute approximate surface area is 149 Å². The van der Waals surface area contributed by atoms with Gasteiger partial charge >= 0.3 is 11.9 Å². The van der Waals surface area contributed by atoms with E-state index in [4.69, 9.17) is 14.9 Å². The highest BCUT2D eigenvalue weighted by Crippen LogP contribution is 2.37. The SMILES string of the molecule is O=C(O)C[C@H](NS(=O)(=O)c1ccc2c(c1)Oc1ccccc1C2)C(=O)O. The number of hydrogen-bond donors (Lipinski definition) is 3. The number of fused-ring (bicyclic) bond motifs is 2. The molecule has 0 bridgehead atoms. The predicted molar refractivity (Wildman–Crippen MR) is 89.8 cm³/mol. The molecule has 3 rings (SSSR count). The monoisotopic (exact) mass is 377 g/mol. The fraction of sp³-hybridized carbons (Fsp3) is 0.176. The molecule has 26 heavy (non-hydrogen) atoms. The number of aliphatic carboxylic acids is 2. The summed E-state index contributed by atoms with van der Waals surface area (Å²) in [5.74, 6) is -2.02. The van der Waals surface area contributed by atoms with Crippen molar-refractivity contribution in [3.63, 3.8) is 0 Å². The molecule has 0 unspecified atom stereocenters. The van der Waals surface area contributed by atoms with Crippen LogP contribution in [0.5, 0.6) is 11.5 Å². The summed E-state index contributed by atoms with van der Waals surface area (Å²) in [6.07, 6.45) is -0.292. The minimum absolute atomic E-state index is 0.202. The molecule has 1 atom stereocenters. The van der Waals surface area contributed by atoms with Gasteiger partial charge < -0.3 is 14.9 Å². The van der Waals surface area contributed by atoms with Gasteiger partial charge in [0.25, 0.3) is 0 Å². The Balaban J connectivity index is 1.88. The normalized spacial score (nSPS) is 13.8. The van der Waals surface area contributed by atoms with E-state index in [0.717, 1.165) is 11.1 Å². The van der Waals surface area contributed by atoms with Crippen molar-refractivity contribution < 1.29 is 33.0 Å². The van der Waals surface area contributed by atoms with Crippen LogP contribution in [0.1, 0.15) is 17.5 Å². The Hall–Kier alpha value is -2.91. The van der Waals surface area contributed by atoms with Gasteiger partial charge in [0.1, 0.15) is 17.5 Å². The maximum Gasteiger partial charge on any atom is 0.322 e.